The highest BCUT2D eigenvalue weighted by atomic mass is 79.9. The Morgan fingerprint density at radius 2 is 1.94 bits per heavy atom. The number of halogens is 1. The molecule has 0 bridgehead atoms. The molecule has 2 rings (SSSR count). The van der Waals surface area contributed by atoms with Gasteiger partial charge in [-0.1, -0.05) is 22.0 Å². The van der Waals surface area contributed by atoms with Crippen LogP contribution in [-0.4, -0.2) is 4.98 Å². The van der Waals surface area contributed by atoms with Crippen molar-refractivity contribution in [2.45, 2.75) is 13.8 Å². The third-order valence-corrected chi connectivity index (χ3v) is 3.43. The maximum atomic E-state index is 5.73. The van der Waals surface area contributed by atoms with Gasteiger partial charge >= 0.3 is 0 Å². The first kappa shape index (κ1) is 11.9. The summed E-state index contributed by atoms with van der Waals surface area (Å²) in [4.78, 5) is 4.37. The lowest BCUT2D eigenvalue weighted by molar-refractivity contribution is 1.20. The molecule has 0 radical (unpaired) electrons. The molecule has 0 fully saturated rings. The highest BCUT2D eigenvalue weighted by Crippen LogP contribution is 2.23. The van der Waals surface area contributed by atoms with Crippen molar-refractivity contribution in [2.24, 2.45) is 0 Å². The molecule has 3 nitrogen and oxygen atoms in total. The highest BCUT2D eigenvalue weighted by molar-refractivity contribution is 9.10. The second-order valence-electron chi connectivity index (χ2n) is 3.96. The molecular formula is C13H14BrN3. The van der Waals surface area contributed by atoms with Crippen molar-refractivity contribution >= 4 is 33.1 Å². The Hall–Kier alpha value is -1.55. The van der Waals surface area contributed by atoms with Gasteiger partial charge in [-0.15, -0.1) is 0 Å². The molecule has 4 heteroatoms. The van der Waals surface area contributed by atoms with E-state index in [1.807, 2.05) is 31.2 Å². The Balaban J connectivity index is 2.25. The van der Waals surface area contributed by atoms with Gasteiger partial charge in [0.05, 0.1) is 11.4 Å². The second kappa shape index (κ2) is 4.75. The molecule has 0 spiro atoms. The maximum absolute atomic E-state index is 5.73. The first-order valence-electron chi connectivity index (χ1n) is 5.32. The summed E-state index contributed by atoms with van der Waals surface area (Å²) in [6.45, 7) is 3.95. The lowest BCUT2D eigenvalue weighted by atomic mass is 10.2. The molecule has 1 aromatic heterocycles. The van der Waals surface area contributed by atoms with Crippen LogP contribution in [-0.2, 0) is 0 Å². The van der Waals surface area contributed by atoms with Crippen LogP contribution in [0.25, 0.3) is 0 Å². The number of benzene rings is 1. The molecule has 2 aromatic rings. The molecule has 88 valence electrons. The van der Waals surface area contributed by atoms with Gasteiger partial charge in [0.15, 0.2) is 0 Å². The Morgan fingerprint density at radius 1 is 1.18 bits per heavy atom. The lowest BCUT2D eigenvalue weighted by Crippen LogP contribution is -1.98. The summed E-state index contributed by atoms with van der Waals surface area (Å²) in [5.41, 5.74) is 9.48. The summed E-state index contributed by atoms with van der Waals surface area (Å²) < 4.78 is 1.08. The number of rotatable bonds is 2. The maximum Gasteiger partial charge on any atom is 0.130 e. The van der Waals surface area contributed by atoms with Crippen LogP contribution in [0, 0.1) is 13.8 Å². The van der Waals surface area contributed by atoms with Gasteiger partial charge in [0.25, 0.3) is 0 Å². The molecule has 0 amide bonds. The van der Waals surface area contributed by atoms with Crippen molar-refractivity contribution in [3.8, 4) is 0 Å². The van der Waals surface area contributed by atoms with Crippen LogP contribution in [0.5, 0.6) is 0 Å². The van der Waals surface area contributed by atoms with Crippen molar-refractivity contribution in [3.63, 3.8) is 0 Å². The van der Waals surface area contributed by atoms with Gasteiger partial charge < -0.3 is 11.1 Å². The van der Waals surface area contributed by atoms with Gasteiger partial charge in [-0.25, -0.2) is 4.98 Å². The molecule has 3 N–H and O–H groups in total. The predicted molar refractivity (Wildman–Crippen MR) is 75.5 cm³/mol. The molecular weight excluding hydrogens is 278 g/mol. The van der Waals surface area contributed by atoms with Gasteiger partial charge in [0.1, 0.15) is 5.82 Å². The minimum Gasteiger partial charge on any atom is -0.397 e. The SMILES string of the molecule is Cc1ccc(Nc2ccc(N)c(C)n2)cc1Br. The summed E-state index contributed by atoms with van der Waals surface area (Å²) >= 11 is 3.51. The van der Waals surface area contributed by atoms with E-state index < -0.39 is 0 Å². The average Bonchev–Trinajstić information content (AvgIpc) is 2.29. The third kappa shape index (κ3) is 2.77. The summed E-state index contributed by atoms with van der Waals surface area (Å²) in [7, 11) is 0. The van der Waals surface area contributed by atoms with Crippen molar-refractivity contribution in [2.75, 3.05) is 11.1 Å². The zero-order valence-corrected chi connectivity index (χ0v) is 11.4. The number of nitrogens with two attached hydrogens (primary N) is 1. The smallest absolute Gasteiger partial charge is 0.130 e. The van der Waals surface area contributed by atoms with Crippen LogP contribution in [0.1, 0.15) is 11.3 Å². The second-order valence-corrected chi connectivity index (χ2v) is 4.81. The fraction of sp³-hybridized carbons (Fsp3) is 0.154. The van der Waals surface area contributed by atoms with Crippen LogP contribution < -0.4 is 11.1 Å². The van der Waals surface area contributed by atoms with Gasteiger partial charge in [-0.2, -0.15) is 0 Å². The van der Waals surface area contributed by atoms with E-state index in [0.717, 1.165) is 21.7 Å². The van der Waals surface area contributed by atoms with Gasteiger partial charge in [-0.05, 0) is 43.7 Å². The molecule has 0 aliphatic heterocycles. The molecule has 17 heavy (non-hydrogen) atoms. The number of aryl methyl sites for hydroxylation is 2. The monoisotopic (exact) mass is 291 g/mol. The molecule has 0 aliphatic rings. The standard InChI is InChI=1S/C13H14BrN3/c1-8-3-4-10(7-11(8)14)17-13-6-5-12(15)9(2)16-13/h3-7H,15H2,1-2H3,(H,16,17). The van der Waals surface area contributed by atoms with Gasteiger partial charge in [-0.3, -0.25) is 0 Å². The summed E-state index contributed by atoms with van der Waals surface area (Å²) in [5.74, 6) is 0.799. The molecule has 0 unspecified atom stereocenters. The largest absolute Gasteiger partial charge is 0.397 e. The van der Waals surface area contributed by atoms with Crippen LogP contribution in [0.3, 0.4) is 0 Å². The zero-order chi connectivity index (χ0) is 12.4. The third-order valence-electron chi connectivity index (χ3n) is 2.57. The van der Waals surface area contributed by atoms with E-state index in [4.69, 9.17) is 5.73 Å². The minimum atomic E-state index is 0.709. The van der Waals surface area contributed by atoms with E-state index >= 15 is 0 Å². The summed E-state index contributed by atoms with van der Waals surface area (Å²) in [5, 5.41) is 3.24. The zero-order valence-electron chi connectivity index (χ0n) is 9.79. The fourth-order valence-corrected chi connectivity index (χ4v) is 1.84. The predicted octanol–water partition coefficient (Wildman–Crippen LogP) is 3.79. The molecule has 1 heterocycles. The van der Waals surface area contributed by atoms with Crippen LogP contribution in [0.2, 0.25) is 0 Å². The van der Waals surface area contributed by atoms with E-state index in [9.17, 15) is 0 Å². The molecule has 0 atom stereocenters. The van der Waals surface area contributed by atoms with Gasteiger partial charge in [0.2, 0.25) is 0 Å². The Bertz CT molecular complexity index is 503. The number of hydrogen-bond donors (Lipinski definition) is 2. The molecule has 0 saturated carbocycles. The minimum absolute atomic E-state index is 0.709. The number of pyridine rings is 1. The topological polar surface area (TPSA) is 50.9 Å². The molecule has 1 aromatic carbocycles. The van der Waals surface area contributed by atoms with Crippen molar-refractivity contribution in [1.82, 2.24) is 4.98 Å². The number of nitrogen functional groups attached to an aromatic ring is 1. The van der Waals surface area contributed by atoms with E-state index in [0.29, 0.717) is 5.69 Å². The van der Waals surface area contributed by atoms with E-state index in [2.05, 4.69) is 39.2 Å². The quantitative estimate of drug-likeness (QED) is 0.885. The number of nitrogens with one attached hydrogen (secondary N) is 1. The van der Waals surface area contributed by atoms with E-state index in [-0.39, 0.29) is 0 Å². The Morgan fingerprint density at radius 3 is 2.59 bits per heavy atom. The number of hydrogen-bond acceptors (Lipinski definition) is 3. The van der Waals surface area contributed by atoms with Crippen molar-refractivity contribution in [1.29, 1.82) is 0 Å². The molecule has 0 aliphatic carbocycles. The summed E-state index contributed by atoms with van der Waals surface area (Å²) in [6.07, 6.45) is 0. The number of nitrogens with zero attached hydrogens (tertiary/aromatic N) is 1. The van der Waals surface area contributed by atoms with Crippen LogP contribution in [0.4, 0.5) is 17.2 Å². The van der Waals surface area contributed by atoms with E-state index in [1.54, 1.807) is 0 Å². The van der Waals surface area contributed by atoms with Crippen LogP contribution in [0.15, 0.2) is 34.8 Å². The van der Waals surface area contributed by atoms with Crippen molar-refractivity contribution in [3.05, 3.63) is 46.1 Å². The van der Waals surface area contributed by atoms with E-state index in [1.165, 1.54) is 5.56 Å². The lowest BCUT2D eigenvalue weighted by Gasteiger charge is -2.08. The average molecular weight is 292 g/mol. The fourth-order valence-electron chi connectivity index (χ4n) is 1.46. The summed E-state index contributed by atoms with van der Waals surface area (Å²) in [6, 6.07) is 9.83. The van der Waals surface area contributed by atoms with Crippen LogP contribution >= 0.6 is 15.9 Å². The number of anilines is 3. The Labute approximate surface area is 109 Å². The first-order chi connectivity index (χ1) is 8.06. The normalized spacial score (nSPS) is 10.3. The van der Waals surface area contributed by atoms with Gasteiger partial charge in [0, 0.05) is 10.2 Å². The van der Waals surface area contributed by atoms with Crippen molar-refractivity contribution < 1.29 is 0 Å². The highest BCUT2D eigenvalue weighted by Gasteiger charge is 2.01. The number of aromatic nitrogens is 1. The first-order valence-corrected chi connectivity index (χ1v) is 6.12. The molecule has 0 saturated heterocycles. The Kier molecular flexibility index (Phi) is 3.33.